The molecule has 0 radical (unpaired) electrons. The standard InChI is InChI=1S/C16H22F3NO/c1-2-8-20-9-7-15(21)13(11-20)10-12-5-3-4-6-14(12)16(17,18)19/h3-6,13,15,21H,2,7-11H2,1H3. The molecule has 1 saturated heterocycles. The number of halogens is 3. The van der Waals surface area contributed by atoms with E-state index in [1.807, 2.05) is 0 Å². The van der Waals surface area contributed by atoms with Crippen molar-refractivity contribution in [2.45, 2.75) is 38.5 Å². The fraction of sp³-hybridized carbons (Fsp3) is 0.625. The Hall–Kier alpha value is -1.07. The van der Waals surface area contributed by atoms with Crippen LogP contribution < -0.4 is 0 Å². The highest BCUT2D eigenvalue weighted by molar-refractivity contribution is 5.30. The topological polar surface area (TPSA) is 23.5 Å². The van der Waals surface area contributed by atoms with E-state index in [2.05, 4.69) is 11.8 Å². The van der Waals surface area contributed by atoms with Crippen molar-refractivity contribution in [3.63, 3.8) is 0 Å². The summed E-state index contributed by atoms with van der Waals surface area (Å²) in [6, 6.07) is 5.68. The van der Waals surface area contributed by atoms with E-state index in [0.29, 0.717) is 13.0 Å². The van der Waals surface area contributed by atoms with Crippen molar-refractivity contribution >= 4 is 0 Å². The number of hydrogen-bond acceptors (Lipinski definition) is 2. The van der Waals surface area contributed by atoms with Crippen LogP contribution >= 0.6 is 0 Å². The average Bonchev–Trinajstić information content (AvgIpc) is 2.42. The molecular formula is C16H22F3NO. The van der Waals surface area contributed by atoms with Crippen LogP contribution in [0.3, 0.4) is 0 Å². The van der Waals surface area contributed by atoms with Gasteiger partial charge in [-0.1, -0.05) is 25.1 Å². The third-order valence-corrected chi connectivity index (χ3v) is 4.12. The lowest BCUT2D eigenvalue weighted by Gasteiger charge is -2.36. The third-order valence-electron chi connectivity index (χ3n) is 4.12. The normalized spacial score (nSPS) is 24.2. The summed E-state index contributed by atoms with van der Waals surface area (Å²) in [4.78, 5) is 2.23. The molecule has 1 aliphatic rings. The Morgan fingerprint density at radius 2 is 2.00 bits per heavy atom. The molecule has 0 spiro atoms. The van der Waals surface area contributed by atoms with Crippen LogP contribution in [0.5, 0.6) is 0 Å². The number of alkyl halides is 3. The first-order valence-corrected chi connectivity index (χ1v) is 7.47. The lowest BCUT2D eigenvalue weighted by molar-refractivity contribution is -0.138. The van der Waals surface area contributed by atoms with Gasteiger partial charge in [0.15, 0.2) is 0 Å². The molecule has 2 nitrogen and oxygen atoms in total. The molecule has 2 atom stereocenters. The van der Waals surface area contributed by atoms with Gasteiger partial charge >= 0.3 is 6.18 Å². The van der Waals surface area contributed by atoms with Crippen molar-refractivity contribution in [1.82, 2.24) is 4.90 Å². The van der Waals surface area contributed by atoms with Gasteiger partial charge in [0.05, 0.1) is 11.7 Å². The molecule has 0 aromatic heterocycles. The zero-order valence-corrected chi connectivity index (χ0v) is 12.2. The van der Waals surface area contributed by atoms with Crippen LogP contribution in [-0.4, -0.2) is 35.7 Å². The van der Waals surface area contributed by atoms with E-state index < -0.39 is 17.8 Å². The van der Waals surface area contributed by atoms with Crippen LogP contribution in [0.4, 0.5) is 13.2 Å². The summed E-state index contributed by atoms with van der Waals surface area (Å²) in [5, 5.41) is 10.1. The molecule has 1 fully saturated rings. The van der Waals surface area contributed by atoms with E-state index in [0.717, 1.165) is 25.6 Å². The van der Waals surface area contributed by atoms with E-state index >= 15 is 0 Å². The Morgan fingerprint density at radius 3 is 2.67 bits per heavy atom. The predicted molar refractivity (Wildman–Crippen MR) is 76.0 cm³/mol. The summed E-state index contributed by atoms with van der Waals surface area (Å²) in [6.45, 7) is 4.51. The van der Waals surface area contributed by atoms with Crippen LogP contribution in [0, 0.1) is 5.92 Å². The van der Waals surface area contributed by atoms with E-state index in [9.17, 15) is 18.3 Å². The van der Waals surface area contributed by atoms with Gasteiger partial charge in [-0.3, -0.25) is 0 Å². The first kappa shape index (κ1) is 16.3. The molecule has 0 bridgehead atoms. The summed E-state index contributed by atoms with van der Waals surface area (Å²) in [5.74, 6) is -0.131. The monoisotopic (exact) mass is 301 g/mol. The smallest absolute Gasteiger partial charge is 0.393 e. The van der Waals surface area contributed by atoms with Gasteiger partial charge in [-0.15, -0.1) is 0 Å². The lowest BCUT2D eigenvalue weighted by Crippen LogP contribution is -2.44. The van der Waals surface area contributed by atoms with Crippen molar-refractivity contribution in [3.05, 3.63) is 35.4 Å². The van der Waals surface area contributed by atoms with E-state index in [1.165, 1.54) is 12.1 Å². The highest BCUT2D eigenvalue weighted by Crippen LogP contribution is 2.34. The molecule has 1 aromatic carbocycles. The molecule has 2 unspecified atom stereocenters. The molecule has 0 aliphatic carbocycles. The molecule has 2 rings (SSSR count). The van der Waals surface area contributed by atoms with Gasteiger partial charge in [-0.25, -0.2) is 0 Å². The molecule has 0 amide bonds. The average molecular weight is 301 g/mol. The van der Waals surface area contributed by atoms with Crippen molar-refractivity contribution in [1.29, 1.82) is 0 Å². The van der Waals surface area contributed by atoms with Crippen molar-refractivity contribution in [2.75, 3.05) is 19.6 Å². The van der Waals surface area contributed by atoms with Crippen molar-refractivity contribution < 1.29 is 18.3 Å². The van der Waals surface area contributed by atoms with Gasteiger partial charge in [0.1, 0.15) is 0 Å². The minimum atomic E-state index is -4.33. The fourth-order valence-corrected chi connectivity index (χ4v) is 3.07. The maximum absolute atomic E-state index is 13.0. The molecule has 1 aliphatic heterocycles. The van der Waals surface area contributed by atoms with Crippen LogP contribution in [0.2, 0.25) is 0 Å². The SMILES string of the molecule is CCCN1CCC(O)C(Cc2ccccc2C(F)(F)F)C1. The van der Waals surface area contributed by atoms with Gasteiger partial charge in [0.2, 0.25) is 0 Å². The highest BCUT2D eigenvalue weighted by Gasteiger charge is 2.35. The van der Waals surface area contributed by atoms with Crippen LogP contribution in [-0.2, 0) is 12.6 Å². The van der Waals surface area contributed by atoms with Gasteiger partial charge in [0, 0.05) is 19.0 Å². The van der Waals surface area contributed by atoms with Crippen LogP contribution in [0.1, 0.15) is 30.9 Å². The van der Waals surface area contributed by atoms with Gasteiger partial charge in [0.25, 0.3) is 0 Å². The predicted octanol–water partition coefficient (Wildman–Crippen LogP) is 3.34. The second kappa shape index (κ2) is 6.79. The van der Waals surface area contributed by atoms with Gasteiger partial charge < -0.3 is 10.0 Å². The van der Waals surface area contributed by atoms with E-state index in [1.54, 1.807) is 6.07 Å². The summed E-state index contributed by atoms with van der Waals surface area (Å²) >= 11 is 0. The molecule has 1 aromatic rings. The number of hydrogen-bond donors (Lipinski definition) is 1. The Balaban J connectivity index is 2.13. The molecule has 21 heavy (non-hydrogen) atoms. The summed E-state index contributed by atoms with van der Waals surface area (Å²) < 4.78 is 39.1. The summed E-state index contributed by atoms with van der Waals surface area (Å²) in [6.07, 6.45) is -2.92. The number of nitrogens with zero attached hydrogens (tertiary/aromatic N) is 1. The molecular weight excluding hydrogens is 279 g/mol. The molecule has 1 heterocycles. The zero-order valence-electron chi connectivity index (χ0n) is 12.2. The lowest BCUT2D eigenvalue weighted by atomic mass is 9.87. The van der Waals surface area contributed by atoms with Crippen molar-refractivity contribution in [2.24, 2.45) is 5.92 Å². The number of aliphatic hydroxyl groups excluding tert-OH is 1. The minimum absolute atomic E-state index is 0.131. The Labute approximate surface area is 123 Å². The number of likely N-dealkylation sites (tertiary alicyclic amines) is 1. The largest absolute Gasteiger partial charge is 0.416 e. The van der Waals surface area contributed by atoms with Crippen LogP contribution in [0.25, 0.3) is 0 Å². The molecule has 118 valence electrons. The van der Waals surface area contributed by atoms with Crippen molar-refractivity contribution in [3.8, 4) is 0 Å². The van der Waals surface area contributed by atoms with Crippen LogP contribution in [0.15, 0.2) is 24.3 Å². The quantitative estimate of drug-likeness (QED) is 0.922. The zero-order chi connectivity index (χ0) is 15.5. The molecule has 0 saturated carbocycles. The molecule has 1 N–H and O–H groups in total. The maximum atomic E-state index is 13.0. The number of rotatable bonds is 4. The first-order chi connectivity index (χ1) is 9.91. The summed E-state index contributed by atoms with van der Waals surface area (Å²) in [5.41, 5.74) is -0.294. The second-order valence-corrected chi connectivity index (χ2v) is 5.78. The third kappa shape index (κ3) is 4.20. The second-order valence-electron chi connectivity index (χ2n) is 5.78. The number of piperidine rings is 1. The Morgan fingerprint density at radius 1 is 1.29 bits per heavy atom. The number of benzene rings is 1. The van der Waals surface area contributed by atoms with E-state index in [-0.39, 0.29) is 17.9 Å². The van der Waals surface area contributed by atoms with Gasteiger partial charge in [-0.05, 0) is 37.4 Å². The molecule has 5 heteroatoms. The summed E-state index contributed by atoms with van der Waals surface area (Å²) in [7, 11) is 0. The first-order valence-electron chi connectivity index (χ1n) is 7.47. The Bertz CT molecular complexity index is 461. The minimum Gasteiger partial charge on any atom is -0.393 e. The van der Waals surface area contributed by atoms with E-state index in [4.69, 9.17) is 0 Å². The number of aliphatic hydroxyl groups is 1. The maximum Gasteiger partial charge on any atom is 0.416 e. The fourth-order valence-electron chi connectivity index (χ4n) is 3.07. The highest BCUT2D eigenvalue weighted by atomic mass is 19.4. The Kier molecular flexibility index (Phi) is 5.27. The van der Waals surface area contributed by atoms with Gasteiger partial charge in [-0.2, -0.15) is 13.2 Å².